The van der Waals surface area contributed by atoms with E-state index < -0.39 is 9.84 Å². The van der Waals surface area contributed by atoms with Crippen molar-refractivity contribution in [2.24, 2.45) is 0 Å². The van der Waals surface area contributed by atoms with E-state index in [0.29, 0.717) is 6.42 Å². The van der Waals surface area contributed by atoms with Crippen LogP contribution in [0.15, 0.2) is 42.6 Å². The molecule has 0 N–H and O–H groups in total. The van der Waals surface area contributed by atoms with E-state index in [4.69, 9.17) is 0 Å². The second kappa shape index (κ2) is 6.87. The highest BCUT2D eigenvalue weighted by atomic mass is 32.2. The molecule has 0 radical (unpaired) electrons. The Kier molecular flexibility index (Phi) is 5.13. The van der Waals surface area contributed by atoms with Gasteiger partial charge in [-0.1, -0.05) is 30.3 Å². The number of rotatable bonds is 6. The molecule has 0 aliphatic heterocycles. The summed E-state index contributed by atoms with van der Waals surface area (Å²) in [5.41, 5.74) is 1.14. The molecule has 0 saturated carbocycles. The predicted molar refractivity (Wildman–Crippen MR) is 88.9 cm³/mol. The van der Waals surface area contributed by atoms with Crippen LogP contribution < -0.4 is 4.90 Å². The Balaban J connectivity index is 2.14. The van der Waals surface area contributed by atoms with Crippen LogP contribution in [0.1, 0.15) is 18.3 Å². The first-order valence-electron chi connectivity index (χ1n) is 7.11. The first-order valence-corrected chi connectivity index (χ1v) is 9.17. The second-order valence-corrected chi connectivity index (χ2v) is 7.73. The van der Waals surface area contributed by atoms with Gasteiger partial charge in [0.25, 0.3) is 0 Å². The SMILES string of the molecule is CC(CS(C)(=O)=O)N(C)c1ccnc(Cc2ccccc2)n1. The van der Waals surface area contributed by atoms with Crippen molar-refractivity contribution in [3.63, 3.8) is 0 Å². The molecule has 1 aromatic heterocycles. The smallest absolute Gasteiger partial charge is 0.149 e. The van der Waals surface area contributed by atoms with Crippen LogP contribution in [0.2, 0.25) is 0 Å². The zero-order valence-electron chi connectivity index (χ0n) is 13.1. The van der Waals surface area contributed by atoms with Crippen molar-refractivity contribution in [2.45, 2.75) is 19.4 Å². The predicted octanol–water partition coefficient (Wildman–Crippen LogP) is 1.94. The standard InChI is InChI=1S/C16H21N3O2S/c1-13(12-22(3,20)21)19(2)16-9-10-17-15(18-16)11-14-7-5-4-6-8-14/h4-10,13H,11-12H2,1-3H3. The van der Waals surface area contributed by atoms with Crippen LogP contribution in [0, 0.1) is 0 Å². The van der Waals surface area contributed by atoms with Gasteiger partial charge in [0.2, 0.25) is 0 Å². The van der Waals surface area contributed by atoms with Gasteiger partial charge >= 0.3 is 0 Å². The maximum Gasteiger partial charge on any atom is 0.149 e. The normalized spacial score (nSPS) is 12.9. The van der Waals surface area contributed by atoms with Gasteiger partial charge in [0.05, 0.1) is 5.75 Å². The van der Waals surface area contributed by atoms with Crippen molar-refractivity contribution >= 4 is 15.7 Å². The molecule has 2 rings (SSSR count). The van der Waals surface area contributed by atoms with Gasteiger partial charge in [-0.15, -0.1) is 0 Å². The van der Waals surface area contributed by atoms with E-state index in [-0.39, 0.29) is 11.8 Å². The molecule has 0 fully saturated rings. The molecule has 0 aliphatic rings. The molecule has 1 heterocycles. The Hall–Kier alpha value is -1.95. The van der Waals surface area contributed by atoms with Crippen LogP contribution in [0.5, 0.6) is 0 Å². The molecule has 6 heteroatoms. The summed E-state index contributed by atoms with van der Waals surface area (Å²) in [6.07, 6.45) is 3.62. The van der Waals surface area contributed by atoms with Crippen molar-refractivity contribution in [1.29, 1.82) is 0 Å². The molecule has 0 saturated heterocycles. The molecular weight excluding hydrogens is 298 g/mol. The van der Waals surface area contributed by atoms with Gasteiger partial charge < -0.3 is 4.90 Å². The number of hydrogen-bond acceptors (Lipinski definition) is 5. The maximum atomic E-state index is 11.4. The van der Waals surface area contributed by atoms with Gasteiger partial charge in [0, 0.05) is 32.0 Å². The lowest BCUT2D eigenvalue weighted by molar-refractivity contribution is 0.592. The van der Waals surface area contributed by atoms with Gasteiger partial charge in [-0.05, 0) is 18.6 Å². The molecule has 0 aliphatic carbocycles. The largest absolute Gasteiger partial charge is 0.356 e. The van der Waals surface area contributed by atoms with Crippen molar-refractivity contribution in [1.82, 2.24) is 9.97 Å². The van der Waals surface area contributed by atoms with Crippen LogP contribution in [0.25, 0.3) is 0 Å². The van der Waals surface area contributed by atoms with Crippen LogP contribution in [0.4, 0.5) is 5.82 Å². The van der Waals surface area contributed by atoms with Gasteiger partial charge in [-0.2, -0.15) is 0 Å². The van der Waals surface area contributed by atoms with Crippen LogP contribution in [-0.2, 0) is 16.3 Å². The van der Waals surface area contributed by atoms with Crippen molar-refractivity contribution < 1.29 is 8.42 Å². The summed E-state index contributed by atoms with van der Waals surface area (Å²) < 4.78 is 22.9. The Morgan fingerprint density at radius 3 is 2.50 bits per heavy atom. The average Bonchev–Trinajstić information content (AvgIpc) is 2.46. The third-order valence-electron chi connectivity index (χ3n) is 3.46. The highest BCUT2D eigenvalue weighted by Crippen LogP contribution is 2.14. The van der Waals surface area contributed by atoms with Crippen molar-refractivity contribution in [3.8, 4) is 0 Å². The molecule has 0 bridgehead atoms. The van der Waals surface area contributed by atoms with Gasteiger partial charge in [-0.25, -0.2) is 18.4 Å². The lowest BCUT2D eigenvalue weighted by atomic mass is 10.1. The summed E-state index contributed by atoms with van der Waals surface area (Å²) in [6.45, 7) is 1.88. The molecule has 118 valence electrons. The number of sulfone groups is 1. The fourth-order valence-electron chi connectivity index (χ4n) is 2.22. The summed E-state index contributed by atoms with van der Waals surface area (Å²) in [5, 5.41) is 0. The number of hydrogen-bond donors (Lipinski definition) is 0. The lowest BCUT2D eigenvalue weighted by Crippen LogP contribution is -2.35. The highest BCUT2D eigenvalue weighted by molar-refractivity contribution is 7.90. The molecule has 1 atom stereocenters. The Morgan fingerprint density at radius 2 is 1.86 bits per heavy atom. The number of nitrogens with zero attached hydrogens (tertiary/aromatic N) is 3. The summed E-state index contributed by atoms with van der Waals surface area (Å²) in [4.78, 5) is 10.7. The van der Waals surface area contributed by atoms with Crippen LogP contribution >= 0.6 is 0 Å². The third-order valence-corrected chi connectivity index (χ3v) is 4.55. The van der Waals surface area contributed by atoms with Crippen LogP contribution in [-0.4, -0.2) is 43.5 Å². The molecule has 2 aromatic rings. The van der Waals surface area contributed by atoms with Gasteiger partial charge in [0.1, 0.15) is 21.5 Å². The summed E-state index contributed by atoms with van der Waals surface area (Å²) in [7, 11) is -1.17. The molecule has 22 heavy (non-hydrogen) atoms. The summed E-state index contributed by atoms with van der Waals surface area (Å²) >= 11 is 0. The Morgan fingerprint density at radius 1 is 1.18 bits per heavy atom. The van der Waals surface area contributed by atoms with E-state index in [0.717, 1.165) is 17.2 Å². The first kappa shape index (κ1) is 16.4. The summed E-state index contributed by atoms with van der Waals surface area (Å²) in [5.74, 6) is 1.56. The second-order valence-electron chi connectivity index (χ2n) is 5.55. The van der Waals surface area contributed by atoms with E-state index in [9.17, 15) is 8.42 Å². The number of aromatic nitrogens is 2. The third kappa shape index (κ3) is 4.80. The fourth-order valence-corrected chi connectivity index (χ4v) is 3.32. The van der Waals surface area contributed by atoms with Crippen molar-refractivity contribution in [3.05, 3.63) is 54.0 Å². The molecule has 1 aromatic carbocycles. The molecule has 0 spiro atoms. The lowest BCUT2D eigenvalue weighted by Gasteiger charge is -2.25. The molecule has 1 unspecified atom stereocenters. The zero-order valence-corrected chi connectivity index (χ0v) is 13.9. The van der Waals surface area contributed by atoms with Crippen molar-refractivity contribution in [2.75, 3.05) is 24.0 Å². The van der Waals surface area contributed by atoms with E-state index in [1.807, 2.05) is 49.2 Å². The van der Waals surface area contributed by atoms with E-state index in [1.54, 1.807) is 12.3 Å². The number of anilines is 1. The molecule has 0 amide bonds. The minimum absolute atomic E-state index is 0.0987. The fraction of sp³-hybridized carbons (Fsp3) is 0.375. The van der Waals surface area contributed by atoms with Crippen LogP contribution in [0.3, 0.4) is 0 Å². The molecular formula is C16H21N3O2S. The summed E-state index contributed by atoms with van der Waals surface area (Å²) in [6, 6.07) is 11.7. The average molecular weight is 319 g/mol. The van der Waals surface area contributed by atoms with E-state index in [1.165, 1.54) is 6.26 Å². The Labute approximate surface area is 132 Å². The highest BCUT2D eigenvalue weighted by Gasteiger charge is 2.17. The number of benzene rings is 1. The topological polar surface area (TPSA) is 63.2 Å². The van der Waals surface area contributed by atoms with Gasteiger partial charge in [0.15, 0.2) is 0 Å². The Bertz CT molecular complexity index is 717. The maximum absolute atomic E-state index is 11.4. The van der Waals surface area contributed by atoms with Gasteiger partial charge in [-0.3, -0.25) is 0 Å². The zero-order chi connectivity index (χ0) is 16.2. The van der Waals surface area contributed by atoms with E-state index in [2.05, 4.69) is 9.97 Å². The first-order chi connectivity index (χ1) is 10.3. The monoisotopic (exact) mass is 319 g/mol. The quantitative estimate of drug-likeness (QED) is 0.814. The minimum Gasteiger partial charge on any atom is -0.356 e. The molecule has 5 nitrogen and oxygen atoms in total. The minimum atomic E-state index is -3.02. The van der Waals surface area contributed by atoms with E-state index >= 15 is 0 Å².